The van der Waals surface area contributed by atoms with Crippen molar-refractivity contribution in [2.75, 3.05) is 0 Å². The smallest absolute Gasteiger partial charge is 0.281 e. The van der Waals surface area contributed by atoms with Gasteiger partial charge in [-0.25, -0.2) is 0 Å². The molecular formula is C9H10N2O2. The third kappa shape index (κ3) is 1.72. The number of nitrogens with zero attached hydrogens (tertiary/aromatic N) is 1. The normalized spacial score (nSPS) is 9.69. The molecule has 1 N–H and O–H groups in total. The van der Waals surface area contributed by atoms with Crippen molar-refractivity contribution in [2.24, 2.45) is 0 Å². The van der Waals surface area contributed by atoms with Crippen molar-refractivity contribution in [3.8, 4) is 0 Å². The van der Waals surface area contributed by atoms with Gasteiger partial charge in [-0.15, -0.1) is 0 Å². The summed E-state index contributed by atoms with van der Waals surface area (Å²) in [6.07, 6.45) is 0. The molecule has 68 valence electrons. The molecule has 1 rings (SSSR count). The minimum Gasteiger partial charge on any atom is -0.305 e. The lowest BCUT2D eigenvalue weighted by Gasteiger charge is -2.02. The van der Waals surface area contributed by atoms with Gasteiger partial charge in [0.15, 0.2) is 0 Å². The molecule has 4 nitrogen and oxygen atoms in total. The Kier molecular flexibility index (Phi) is 2.41. The average molecular weight is 178 g/mol. The van der Waals surface area contributed by atoms with Crippen LogP contribution in [0.2, 0.25) is 0 Å². The Bertz CT molecular complexity index is 372. The molecule has 0 radical (unpaired) electrons. The van der Waals surface area contributed by atoms with Crippen molar-refractivity contribution < 1.29 is 4.92 Å². The quantitative estimate of drug-likeness (QED) is 0.429. The number of hydrogen-bond donors (Lipinski definition) is 1. The van der Waals surface area contributed by atoms with E-state index in [9.17, 15) is 10.1 Å². The SMILES string of the molecule is CC(=N)c1cccc(C)c1[N+](=O)[O-]. The molecule has 0 spiro atoms. The van der Waals surface area contributed by atoms with E-state index in [0.29, 0.717) is 11.1 Å². The molecule has 0 fully saturated rings. The molecule has 0 bridgehead atoms. The van der Waals surface area contributed by atoms with Crippen molar-refractivity contribution in [3.63, 3.8) is 0 Å². The summed E-state index contributed by atoms with van der Waals surface area (Å²) in [7, 11) is 0. The first-order chi connectivity index (χ1) is 6.04. The molecule has 0 saturated heterocycles. The van der Waals surface area contributed by atoms with Crippen LogP contribution in [-0.4, -0.2) is 10.6 Å². The molecule has 4 heteroatoms. The lowest BCUT2D eigenvalue weighted by molar-refractivity contribution is -0.385. The number of para-hydroxylation sites is 1. The first-order valence-electron chi connectivity index (χ1n) is 3.83. The zero-order valence-corrected chi connectivity index (χ0v) is 7.50. The van der Waals surface area contributed by atoms with Crippen molar-refractivity contribution >= 4 is 11.4 Å². The van der Waals surface area contributed by atoms with Gasteiger partial charge in [-0.05, 0) is 19.9 Å². The molecule has 0 saturated carbocycles. The number of hydrogen-bond acceptors (Lipinski definition) is 3. The summed E-state index contributed by atoms with van der Waals surface area (Å²) >= 11 is 0. The zero-order chi connectivity index (χ0) is 10.0. The van der Waals surface area contributed by atoms with Gasteiger partial charge >= 0.3 is 0 Å². The molecule has 0 aliphatic heterocycles. The molecule has 0 aliphatic carbocycles. The molecule has 0 unspecified atom stereocenters. The van der Waals surface area contributed by atoms with Crippen LogP contribution in [0.5, 0.6) is 0 Å². The maximum absolute atomic E-state index is 10.7. The lowest BCUT2D eigenvalue weighted by atomic mass is 10.1. The highest BCUT2D eigenvalue weighted by Gasteiger charge is 2.17. The topological polar surface area (TPSA) is 67.0 Å². The van der Waals surface area contributed by atoms with E-state index in [1.807, 2.05) is 0 Å². The number of benzene rings is 1. The molecule has 0 aliphatic rings. The number of nitro benzene ring substituents is 1. The van der Waals surface area contributed by atoms with Gasteiger partial charge in [0.05, 0.1) is 10.5 Å². The van der Waals surface area contributed by atoms with E-state index in [0.717, 1.165) is 0 Å². The largest absolute Gasteiger partial charge is 0.305 e. The Morgan fingerprint density at radius 2 is 2.15 bits per heavy atom. The minimum absolute atomic E-state index is 0.0370. The first kappa shape index (κ1) is 9.38. The van der Waals surface area contributed by atoms with Crippen LogP contribution in [0.3, 0.4) is 0 Å². The third-order valence-electron chi connectivity index (χ3n) is 1.82. The molecule has 1 aromatic rings. The molecule has 1 aromatic carbocycles. The summed E-state index contributed by atoms with van der Waals surface area (Å²) in [5.74, 6) is 0. The molecule has 0 heterocycles. The second kappa shape index (κ2) is 3.35. The average Bonchev–Trinajstić information content (AvgIpc) is 2.02. The highest BCUT2D eigenvalue weighted by molar-refractivity contribution is 6.00. The van der Waals surface area contributed by atoms with Crippen LogP contribution in [0, 0.1) is 22.4 Å². The zero-order valence-electron chi connectivity index (χ0n) is 7.50. The second-order valence-electron chi connectivity index (χ2n) is 2.85. The Hall–Kier alpha value is -1.71. The van der Waals surface area contributed by atoms with Gasteiger partial charge in [-0.3, -0.25) is 10.1 Å². The fourth-order valence-electron chi connectivity index (χ4n) is 1.20. The molecule has 0 atom stereocenters. The number of rotatable bonds is 2. The van der Waals surface area contributed by atoms with E-state index in [-0.39, 0.29) is 11.4 Å². The first-order valence-corrected chi connectivity index (χ1v) is 3.83. The van der Waals surface area contributed by atoms with Crippen LogP contribution in [0.1, 0.15) is 18.1 Å². The fourth-order valence-corrected chi connectivity index (χ4v) is 1.20. The van der Waals surface area contributed by atoms with E-state index in [4.69, 9.17) is 5.41 Å². The Labute approximate surface area is 75.9 Å². The predicted octanol–water partition coefficient (Wildman–Crippen LogP) is 2.29. The van der Waals surface area contributed by atoms with Crippen LogP contribution in [-0.2, 0) is 0 Å². The Morgan fingerprint density at radius 1 is 1.54 bits per heavy atom. The number of nitrogens with one attached hydrogen (secondary N) is 1. The third-order valence-corrected chi connectivity index (χ3v) is 1.82. The van der Waals surface area contributed by atoms with Gasteiger partial charge in [0, 0.05) is 11.3 Å². The fraction of sp³-hybridized carbons (Fsp3) is 0.222. The van der Waals surface area contributed by atoms with Crippen molar-refractivity contribution in [1.82, 2.24) is 0 Å². The van der Waals surface area contributed by atoms with Gasteiger partial charge in [-0.2, -0.15) is 0 Å². The van der Waals surface area contributed by atoms with Gasteiger partial charge in [0.1, 0.15) is 0 Å². The van der Waals surface area contributed by atoms with Crippen LogP contribution in [0.4, 0.5) is 5.69 Å². The summed E-state index contributed by atoms with van der Waals surface area (Å²) < 4.78 is 0. The van der Waals surface area contributed by atoms with Crippen LogP contribution < -0.4 is 0 Å². The van der Waals surface area contributed by atoms with Crippen molar-refractivity contribution in [2.45, 2.75) is 13.8 Å². The van der Waals surface area contributed by atoms with E-state index < -0.39 is 4.92 Å². The standard InChI is InChI=1S/C9H10N2O2/c1-6-4-3-5-8(7(2)10)9(6)11(12)13/h3-5,10H,1-2H3. The lowest BCUT2D eigenvalue weighted by Crippen LogP contribution is -2.01. The molecule has 13 heavy (non-hydrogen) atoms. The van der Waals surface area contributed by atoms with Gasteiger partial charge in [0.25, 0.3) is 5.69 Å². The predicted molar refractivity (Wildman–Crippen MR) is 50.3 cm³/mol. The van der Waals surface area contributed by atoms with Crippen LogP contribution in [0.15, 0.2) is 18.2 Å². The summed E-state index contributed by atoms with van der Waals surface area (Å²) in [4.78, 5) is 10.2. The molecular weight excluding hydrogens is 168 g/mol. The monoisotopic (exact) mass is 178 g/mol. The Morgan fingerprint density at radius 3 is 2.54 bits per heavy atom. The summed E-state index contributed by atoms with van der Waals surface area (Å²) in [5.41, 5.74) is 1.24. The second-order valence-corrected chi connectivity index (χ2v) is 2.85. The number of aryl methyl sites for hydroxylation is 1. The van der Waals surface area contributed by atoms with E-state index >= 15 is 0 Å². The minimum atomic E-state index is -0.442. The van der Waals surface area contributed by atoms with E-state index in [1.54, 1.807) is 32.0 Å². The van der Waals surface area contributed by atoms with Crippen LogP contribution in [0.25, 0.3) is 0 Å². The van der Waals surface area contributed by atoms with E-state index in [1.165, 1.54) is 0 Å². The summed E-state index contributed by atoms with van der Waals surface area (Å²) in [6, 6.07) is 4.98. The van der Waals surface area contributed by atoms with Gasteiger partial charge < -0.3 is 5.41 Å². The van der Waals surface area contributed by atoms with E-state index in [2.05, 4.69) is 0 Å². The van der Waals surface area contributed by atoms with Crippen LogP contribution >= 0.6 is 0 Å². The maximum atomic E-state index is 10.7. The summed E-state index contributed by atoms with van der Waals surface area (Å²) in [5, 5.41) is 18.0. The maximum Gasteiger partial charge on any atom is 0.281 e. The highest BCUT2D eigenvalue weighted by Crippen LogP contribution is 2.22. The summed E-state index contributed by atoms with van der Waals surface area (Å²) in [6.45, 7) is 3.21. The molecule has 0 aromatic heterocycles. The van der Waals surface area contributed by atoms with Crippen molar-refractivity contribution in [1.29, 1.82) is 5.41 Å². The molecule has 0 amide bonds. The van der Waals surface area contributed by atoms with Crippen molar-refractivity contribution in [3.05, 3.63) is 39.4 Å². The highest BCUT2D eigenvalue weighted by atomic mass is 16.6. The van der Waals surface area contributed by atoms with Gasteiger partial charge in [-0.1, -0.05) is 12.1 Å². The van der Waals surface area contributed by atoms with Gasteiger partial charge in [0.2, 0.25) is 0 Å². The number of nitro groups is 1. The Balaban J connectivity index is 3.43.